The predicted molar refractivity (Wildman–Crippen MR) is 67.0 cm³/mol. The molecule has 1 heterocycles. The van der Waals surface area contributed by atoms with E-state index in [-0.39, 0.29) is 0 Å². The molecule has 0 aromatic carbocycles. The van der Waals surface area contributed by atoms with Crippen LogP contribution in [0.25, 0.3) is 0 Å². The second kappa shape index (κ2) is 5.48. The number of ether oxygens (including phenoxy) is 1. The SMILES string of the molecule is COC(=O)c1ccnc(NCC(C)(C)C(N)=O)c1. The third kappa shape index (κ3) is 3.44. The number of anilines is 1. The molecule has 0 unspecified atom stereocenters. The molecule has 1 aromatic rings. The largest absolute Gasteiger partial charge is 0.465 e. The summed E-state index contributed by atoms with van der Waals surface area (Å²) in [4.78, 5) is 26.5. The standard InChI is InChI=1S/C12H17N3O3/c1-12(2,11(13)17)7-15-9-6-8(4-5-14-9)10(16)18-3/h4-6H,7H2,1-3H3,(H2,13,17)(H,14,15). The van der Waals surface area contributed by atoms with Crippen LogP contribution in [0.4, 0.5) is 5.82 Å². The number of primary amides is 1. The summed E-state index contributed by atoms with van der Waals surface area (Å²) in [6.45, 7) is 3.79. The van der Waals surface area contributed by atoms with Crippen molar-refractivity contribution >= 4 is 17.7 Å². The molecule has 3 N–H and O–H groups in total. The van der Waals surface area contributed by atoms with Crippen molar-refractivity contribution in [3.8, 4) is 0 Å². The zero-order valence-corrected chi connectivity index (χ0v) is 10.7. The molecular formula is C12H17N3O3. The van der Waals surface area contributed by atoms with Gasteiger partial charge in [-0.15, -0.1) is 0 Å². The van der Waals surface area contributed by atoms with Gasteiger partial charge in [0.15, 0.2) is 0 Å². The van der Waals surface area contributed by atoms with Crippen molar-refractivity contribution < 1.29 is 14.3 Å². The minimum absolute atomic E-state index is 0.333. The van der Waals surface area contributed by atoms with Gasteiger partial charge in [-0.25, -0.2) is 9.78 Å². The highest BCUT2D eigenvalue weighted by Gasteiger charge is 2.24. The lowest BCUT2D eigenvalue weighted by Gasteiger charge is -2.21. The van der Waals surface area contributed by atoms with Gasteiger partial charge in [0.05, 0.1) is 18.1 Å². The van der Waals surface area contributed by atoms with E-state index in [4.69, 9.17) is 5.73 Å². The number of rotatable bonds is 5. The van der Waals surface area contributed by atoms with Crippen molar-refractivity contribution in [1.29, 1.82) is 0 Å². The molecule has 6 nitrogen and oxygen atoms in total. The van der Waals surface area contributed by atoms with Gasteiger partial charge >= 0.3 is 5.97 Å². The quantitative estimate of drug-likeness (QED) is 0.754. The van der Waals surface area contributed by atoms with Crippen LogP contribution in [0, 0.1) is 5.41 Å². The van der Waals surface area contributed by atoms with Crippen LogP contribution in [-0.2, 0) is 9.53 Å². The van der Waals surface area contributed by atoms with E-state index in [2.05, 4.69) is 15.0 Å². The fourth-order valence-electron chi connectivity index (χ4n) is 1.17. The van der Waals surface area contributed by atoms with Crippen LogP contribution in [-0.4, -0.2) is 30.5 Å². The summed E-state index contributed by atoms with van der Waals surface area (Å²) in [5, 5.41) is 2.97. The first-order valence-corrected chi connectivity index (χ1v) is 5.45. The Hall–Kier alpha value is -2.11. The van der Waals surface area contributed by atoms with Gasteiger partial charge in [0.2, 0.25) is 5.91 Å². The van der Waals surface area contributed by atoms with E-state index in [0.717, 1.165) is 0 Å². The number of nitrogens with two attached hydrogens (primary N) is 1. The molecule has 0 fully saturated rings. The normalized spacial score (nSPS) is 10.8. The van der Waals surface area contributed by atoms with Gasteiger partial charge in [-0.3, -0.25) is 4.79 Å². The molecule has 0 aliphatic rings. The number of carbonyl (C=O) groups excluding carboxylic acids is 2. The highest BCUT2D eigenvalue weighted by molar-refractivity contribution is 5.90. The van der Waals surface area contributed by atoms with Crippen molar-refractivity contribution in [3.63, 3.8) is 0 Å². The highest BCUT2D eigenvalue weighted by Crippen LogP contribution is 2.16. The molecule has 0 saturated carbocycles. The summed E-state index contributed by atoms with van der Waals surface area (Å²) >= 11 is 0. The van der Waals surface area contributed by atoms with Crippen molar-refractivity contribution in [2.45, 2.75) is 13.8 Å². The monoisotopic (exact) mass is 251 g/mol. The van der Waals surface area contributed by atoms with E-state index >= 15 is 0 Å². The van der Waals surface area contributed by atoms with Crippen LogP contribution in [0.1, 0.15) is 24.2 Å². The maximum absolute atomic E-state index is 11.3. The van der Waals surface area contributed by atoms with E-state index in [1.54, 1.807) is 26.0 Å². The molecule has 18 heavy (non-hydrogen) atoms. The molecule has 0 atom stereocenters. The fourth-order valence-corrected chi connectivity index (χ4v) is 1.17. The average molecular weight is 251 g/mol. The van der Waals surface area contributed by atoms with E-state index in [9.17, 15) is 9.59 Å². The summed E-state index contributed by atoms with van der Waals surface area (Å²) in [7, 11) is 1.31. The zero-order chi connectivity index (χ0) is 13.8. The Labute approximate surface area is 106 Å². The molecule has 1 aromatic heterocycles. The second-order valence-electron chi connectivity index (χ2n) is 4.52. The number of aromatic nitrogens is 1. The van der Waals surface area contributed by atoms with Gasteiger partial charge in [-0.2, -0.15) is 0 Å². The Morgan fingerprint density at radius 1 is 1.50 bits per heavy atom. The van der Waals surface area contributed by atoms with Crippen LogP contribution in [0.5, 0.6) is 0 Å². The Balaban J connectivity index is 2.74. The minimum Gasteiger partial charge on any atom is -0.465 e. The Morgan fingerprint density at radius 2 is 2.17 bits per heavy atom. The number of hydrogen-bond acceptors (Lipinski definition) is 5. The number of nitrogens with one attached hydrogen (secondary N) is 1. The van der Waals surface area contributed by atoms with Gasteiger partial charge in [-0.05, 0) is 26.0 Å². The third-order valence-electron chi connectivity index (χ3n) is 2.56. The number of hydrogen-bond donors (Lipinski definition) is 2. The molecule has 0 saturated heterocycles. The first kappa shape index (κ1) is 14.0. The lowest BCUT2D eigenvalue weighted by atomic mass is 9.93. The van der Waals surface area contributed by atoms with E-state index in [0.29, 0.717) is 17.9 Å². The Kier molecular flexibility index (Phi) is 4.25. The molecule has 6 heteroatoms. The van der Waals surface area contributed by atoms with Crippen LogP contribution < -0.4 is 11.1 Å². The third-order valence-corrected chi connectivity index (χ3v) is 2.56. The minimum atomic E-state index is -0.692. The van der Waals surface area contributed by atoms with Crippen molar-refractivity contribution in [2.75, 3.05) is 19.0 Å². The van der Waals surface area contributed by atoms with Gasteiger partial charge in [0, 0.05) is 12.7 Å². The molecule has 98 valence electrons. The van der Waals surface area contributed by atoms with Crippen LogP contribution in [0.3, 0.4) is 0 Å². The number of pyridine rings is 1. The van der Waals surface area contributed by atoms with E-state index in [1.165, 1.54) is 13.3 Å². The lowest BCUT2D eigenvalue weighted by molar-refractivity contribution is -0.125. The number of carbonyl (C=O) groups is 2. The average Bonchev–Trinajstić information content (AvgIpc) is 2.35. The molecule has 0 aliphatic heterocycles. The topological polar surface area (TPSA) is 94.3 Å². The maximum atomic E-state index is 11.3. The van der Waals surface area contributed by atoms with Crippen LogP contribution in [0.2, 0.25) is 0 Å². The number of nitrogens with zero attached hydrogens (tertiary/aromatic N) is 1. The van der Waals surface area contributed by atoms with Gasteiger partial charge in [-0.1, -0.05) is 0 Å². The van der Waals surface area contributed by atoms with Crippen molar-refractivity contribution in [1.82, 2.24) is 4.98 Å². The van der Waals surface area contributed by atoms with Crippen LogP contribution in [0.15, 0.2) is 18.3 Å². The highest BCUT2D eigenvalue weighted by atomic mass is 16.5. The molecule has 0 radical (unpaired) electrons. The summed E-state index contributed by atoms with van der Waals surface area (Å²) in [6.07, 6.45) is 1.49. The van der Waals surface area contributed by atoms with Crippen LogP contribution >= 0.6 is 0 Å². The molecular weight excluding hydrogens is 234 g/mol. The zero-order valence-electron chi connectivity index (χ0n) is 10.7. The smallest absolute Gasteiger partial charge is 0.338 e. The van der Waals surface area contributed by atoms with Crippen molar-refractivity contribution in [3.05, 3.63) is 23.9 Å². The molecule has 1 rings (SSSR count). The number of amides is 1. The molecule has 0 bridgehead atoms. The summed E-state index contributed by atoms with van der Waals surface area (Å²) in [6, 6.07) is 3.11. The number of esters is 1. The Morgan fingerprint density at radius 3 is 2.72 bits per heavy atom. The fraction of sp³-hybridized carbons (Fsp3) is 0.417. The van der Waals surface area contributed by atoms with Gasteiger partial charge in [0.1, 0.15) is 5.82 Å². The van der Waals surface area contributed by atoms with Gasteiger partial charge < -0.3 is 15.8 Å². The first-order chi connectivity index (χ1) is 8.36. The van der Waals surface area contributed by atoms with Gasteiger partial charge in [0.25, 0.3) is 0 Å². The maximum Gasteiger partial charge on any atom is 0.338 e. The number of methoxy groups -OCH3 is 1. The Bertz CT molecular complexity index is 458. The van der Waals surface area contributed by atoms with E-state index in [1.807, 2.05) is 0 Å². The summed E-state index contributed by atoms with van der Waals surface area (Å²) < 4.78 is 4.61. The summed E-state index contributed by atoms with van der Waals surface area (Å²) in [5.74, 6) is -0.346. The second-order valence-corrected chi connectivity index (χ2v) is 4.52. The van der Waals surface area contributed by atoms with E-state index < -0.39 is 17.3 Å². The predicted octanol–water partition coefficient (Wildman–Crippen LogP) is 0.792. The van der Waals surface area contributed by atoms with Crippen molar-refractivity contribution in [2.24, 2.45) is 11.1 Å². The lowest BCUT2D eigenvalue weighted by Crippen LogP contribution is -2.37. The molecule has 0 spiro atoms. The first-order valence-electron chi connectivity index (χ1n) is 5.45. The molecule has 0 aliphatic carbocycles. The summed E-state index contributed by atoms with van der Waals surface area (Å²) in [5.41, 5.74) is 4.96. The molecule has 1 amide bonds.